The fraction of sp³-hybridized carbons (Fsp3) is 0.750. The van der Waals surface area contributed by atoms with Crippen molar-refractivity contribution in [3.63, 3.8) is 0 Å². The molecule has 0 spiro atoms. The maximum Gasteiger partial charge on any atom is 0.508 e. The van der Waals surface area contributed by atoms with Gasteiger partial charge < -0.3 is 18.9 Å². The van der Waals surface area contributed by atoms with E-state index in [0.717, 1.165) is 7.11 Å². The van der Waals surface area contributed by atoms with Gasteiger partial charge in [0.15, 0.2) is 12.2 Å². The van der Waals surface area contributed by atoms with Crippen molar-refractivity contribution < 1.29 is 45.3 Å². The van der Waals surface area contributed by atoms with Gasteiger partial charge in [-0.25, -0.2) is 18.0 Å². The number of cyclic esters (lactones) is 2. The molecule has 0 aliphatic carbocycles. The maximum atomic E-state index is 11.1. The van der Waals surface area contributed by atoms with E-state index in [0.29, 0.717) is 0 Å². The Morgan fingerprint density at radius 3 is 2.58 bits per heavy atom. The zero-order valence-corrected chi connectivity index (χ0v) is 10.5. The first-order chi connectivity index (χ1) is 8.91. The van der Waals surface area contributed by atoms with E-state index in [1.807, 2.05) is 0 Å². The van der Waals surface area contributed by atoms with Crippen LogP contribution in [0, 0.1) is 0 Å². The van der Waals surface area contributed by atoms with Gasteiger partial charge in [-0.3, -0.25) is 0 Å². The number of ether oxygens (including phenoxy) is 4. The minimum Gasteiger partial charge on any atom is -0.438 e. The Hall–Kier alpha value is -1.59. The molecule has 19 heavy (non-hydrogen) atoms. The molecule has 2 saturated heterocycles. The van der Waals surface area contributed by atoms with E-state index in [4.69, 9.17) is 9.47 Å². The van der Waals surface area contributed by atoms with Gasteiger partial charge in [-0.2, -0.15) is 8.42 Å². The molecule has 0 aromatic carbocycles. The second-order valence-electron chi connectivity index (χ2n) is 3.58. The normalized spacial score (nSPS) is 30.3. The van der Waals surface area contributed by atoms with Crippen molar-refractivity contribution in [3.05, 3.63) is 0 Å². The van der Waals surface area contributed by atoms with Crippen LogP contribution in [0.25, 0.3) is 0 Å². The molecule has 3 unspecified atom stereocenters. The van der Waals surface area contributed by atoms with Crippen molar-refractivity contribution in [3.8, 4) is 0 Å². The van der Waals surface area contributed by atoms with E-state index in [1.165, 1.54) is 0 Å². The Labute approximate surface area is 107 Å². The molecule has 0 amide bonds. The van der Waals surface area contributed by atoms with Crippen LogP contribution < -0.4 is 0 Å². The van der Waals surface area contributed by atoms with E-state index in [9.17, 15) is 18.0 Å². The Morgan fingerprint density at radius 2 is 2.11 bits per heavy atom. The van der Waals surface area contributed by atoms with Crippen LogP contribution in [0.5, 0.6) is 0 Å². The Balaban J connectivity index is 2.10. The lowest BCUT2D eigenvalue weighted by Gasteiger charge is -2.23. The lowest BCUT2D eigenvalue weighted by molar-refractivity contribution is -0.0601. The summed E-state index contributed by atoms with van der Waals surface area (Å²) in [6, 6.07) is 0. The molecule has 2 aliphatic rings. The number of hydrogen-bond acceptors (Lipinski definition) is 10. The van der Waals surface area contributed by atoms with Gasteiger partial charge in [0.25, 0.3) is 0 Å². The molecule has 0 N–H and O–H groups in total. The van der Waals surface area contributed by atoms with Gasteiger partial charge in [0, 0.05) is 0 Å². The summed E-state index contributed by atoms with van der Waals surface area (Å²) < 4.78 is 49.4. The van der Waals surface area contributed by atoms with Gasteiger partial charge in [0.05, 0.1) is 7.11 Å². The lowest BCUT2D eigenvalue weighted by Crippen LogP contribution is -2.43. The van der Waals surface area contributed by atoms with Gasteiger partial charge in [0.2, 0.25) is 0 Å². The molecule has 2 rings (SSSR count). The molecule has 10 nitrogen and oxygen atoms in total. The van der Waals surface area contributed by atoms with Crippen molar-refractivity contribution in [2.45, 2.75) is 18.3 Å². The fourth-order valence-corrected chi connectivity index (χ4v) is 2.39. The van der Waals surface area contributed by atoms with Crippen molar-refractivity contribution >= 4 is 22.7 Å². The first-order valence-corrected chi connectivity index (χ1v) is 6.40. The maximum absolute atomic E-state index is 11.1. The number of carbonyl (C=O) groups is 2. The molecule has 2 aliphatic heterocycles. The second kappa shape index (κ2) is 5.19. The van der Waals surface area contributed by atoms with E-state index >= 15 is 0 Å². The third-order valence-electron chi connectivity index (χ3n) is 2.36. The van der Waals surface area contributed by atoms with Crippen molar-refractivity contribution in [2.24, 2.45) is 0 Å². The number of carbonyl (C=O) groups excluding carboxylic acids is 2. The minimum atomic E-state index is -4.14. The molecule has 0 bridgehead atoms. The number of methoxy groups -OCH3 is 1. The van der Waals surface area contributed by atoms with Gasteiger partial charge in [-0.15, -0.1) is 0 Å². The highest BCUT2D eigenvalue weighted by atomic mass is 32.3. The summed E-state index contributed by atoms with van der Waals surface area (Å²) in [5.41, 5.74) is 0. The average molecular weight is 298 g/mol. The summed E-state index contributed by atoms with van der Waals surface area (Å²) in [7, 11) is -3.07. The highest BCUT2D eigenvalue weighted by Crippen LogP contribution is 2.24. The van der Waals surface area contributed by atoms with Gasteiger partial charge >= 0.3 is 22.7 Å². The van der Waals surface area contributed by atoms with Gasteiger partial charge in [-0.1, -0.05) is 0 Å². The Bertz CT molecular complexity index is 470. The number of rotatable bonds is 3. The smallest absolute Gasteiger partial charge is 0.438 e. The van der Waals surface area contributed by atoms with E-state index in [1.54, 1.807) is 0 Å². The molecule has 2 heterocycles. The molecular weight excluding hydrogens is 288 g/mol. The zero-order chi connectivity index (χ0) is 14.0. The van der Waals surface area contributed by atoms with Crippen molar-refractivity contribution in [2.75, 3.05) is 20.3 Å². The third kappa shape index (κ3) is 3.24. The van der Waals surface area contributed by atoms with Crippen LogP contribution in [0.15, 0.2) is 0 Å². The lowest BCUT2D eigenvalue weighted by atomic mass is 10.1. The summed E-state index contributed by atoms with van der Waals surface area (Å²) in [6.45, 7) is -0.585. The number of hydrogen-bond donors (Lipinski definition) is 0. The monoisotopic (exact) mass is 298 g/mol. The molecule has 108 valence electrons. The van der Waals surface area contributed by atoms with Crippen LogP contribution >= 0.6 is 0 Å². The minimum absolute atomic E-state index is 0.208. The van der Waals surface area contributed by atoms with Gasteiger partial charge in [-0.05, 0) is 0 Å². The summed E-state index contributed by atoms with van der Waals surface area (Å²) in [6.07, 6.45) is -5.42. The highest BCUT2D eigenvalue weighted by Gasteiger charge is 2.46. The highest BCUT2D eigenvalue weighted by molar-refractivity contribution is 7.82. The predicted molar refractivity (Wildman–Crippen MR) is 53.2 cm³/mol. The molecule has 0 aromatic heterocycles. The molecule has 0 radical (unpaired) electrons. The van der Waals surface area contributed by atoms with Crippen LogP contribution in [-0.4, -0.2) is 59.4 Å². The molecule has 0 saturated carbocycles. The summed E-state index contributed by atoms with van der Waals surface area (Å²) in [5, 5.41) is 0. The first kappa shape index (κ1) is 13.8. The fourth-order valence-electron chi connectivity index (χ4n) is 1.56. The summed E-state index contributed by atoms with van der Waals surface area (Å²) >= 11 is 0. The van der Waals surface area contributed by atoms with Crippen LogP contribution in [0.1, 0.15) is 0 Å². The Morgan fingerprint density at radius 1 is 1.37 bits per heavy atom. The largest absolute Gasteiger partial charge is 0.508 e. The third-order valence-corrected chi connectivity index (χ3v) is 3.27. The van der Waals surface area contributed by atoms with Crippen LogP contribution in [0.4, 0.5) is 9.59 Å². The Kier molecular flexibility index (Phi) is 3.78. The predicted octanol–water partition coefficient (Wildman–Crippen LogP) is -0.666. The van der Waals surface area contributed by atoms with Crippen LogP contribution in [-0.2, 0) is 37.7 Å². The van der Waals surface area contributed by atoms with E-state index in [2.05, 4.69) is 17.8 Å². The zero-order valence-electron chi connectivity index (χ0n) is 9.64. The quantitative estimate of drug-likeness (QED) is 0.619. The average Bonchev–Trinajstić information content (AvgIpc) is 2.92. The van der Waals surface area contributed by atoms with Gasteiger partial charge in [0.1, 0.15) is 19.3 Å². The van der Waals surface area contributed by atoms with Crippen molar-refractivity contribution in [1.82, 2.24) is 0 Å². The molecule has 3 atom stereocenters. The van der Waals surface area contributed by atoms with E-state index < -0.39 is 41.0 Å². The van der Waals surface area contributed by atoms with Crippen LogP contribution in [0.2, 0.25) is 0 Å². The molecular formula is C8H10O10S. The molecule has 0 aromatic rings. The summed E-state index contributed by atoms with van der Waals surface area (Å²) in [5.74, 6) is 0. The second-order valence-corrected chi connectivity index (χ2v) is 4.83. The summed E-state index contributed by atoms with van der Waals surface area (Å²) in [4.78, 5) is 22.0. The molecule has 2 fully saturated rings. The SMILES string of the molecule is COC(=O)OC(C1COC(=O)O1)C1COS(=O)(=O)O1. The first-order valence-electron chi connectivity index (χ1n) is 5.07. The van der Waals surface area contributed by atoms with E-state index in [-0.39, 0.29) is 13.2 Å². The van der Waals surface area contributed by atoms with Crippen molar-refractivity contribution in [1.29, 1.82) is 0 Å². The standard InChI is InChI=1S/C8H10O10S/c1-13-7(9)17-6(4-2-14-8(10)16-4)5-3-15-19(11,12)18-5/h4-6H,2-3H2,1H3. The van der Waals surface area contributed by atoms with Crippen LogP contribution in [0.3, 0.4) is 0 Å². The topological polar surface area (TPSA) is 124 Å². The molecule has 11 heteroatoms.